The van der Waals surface area contributed by atoms with Crippen LogP contribution in [0, 0.1) is 12.4 Å². The number of aromatic nitrogens is 8. The molecule has 0 saturated carbocycles. The van der Waals surface area contributed by atoms with E-state index in [0.717, 1.165) is 22.8 Å². The first-order valence-corrected chi connectivity index (χ1v) is 11.8. The van der Waals surface area contributed by atoms with Crippen molar-refractivity contribution in [2.45, 2.75) is 19.3 Å². The molecule has 0 N–H and O–H groups in total. The first-order chi connectivity index (χ1) is 18.1. The molecule has 0 atom stereocenters. The van der Waals surface area contributed by atoms with E-state index in [1.807, 2.05) is 97.1 Å². The SMILES string of the molecule is CC(C)(c1cccc(-c2[c-]nn(-c3ccccc3)n2)n1)c1cccc(-c2[c-]nn(-c3ccccc3)n2)n1.[Pt+2]. The molecule has 4 aromatic heterocycles. The van der Waals surface area contributed by atoms with Crippen molar-refractivity contribution in [3.63, 3.8) is 0 Å². The van der Waals surface area contributed by atoms with Gasteiger partial charge >= 0.3 is 21.1 Å². The molecule has 38 heavy (non-hydrogen) atoms. The number of rotatable bonds is 6. The minimum atomic E-state index is -0.489. The van der Waals surface area contributed by atoms with E-state index in [-0.39, 0.29) is 21.1 Å². The Balaban J connectivity index is 0.00000294. The molecule has 4 heterocycles. The van der Waals surface area contributed by atoms with Gasteiger partial charge in [0.05, 0.1) is 11.4 Å². The average Bonchev–Trinajstić information content (AvgIpc) is 3.65. The summed E-state index contributed by atoms with van der Waals surface area (Å²) in [5.74, 6) is 0. The number of benzene rings is 2. The van der Waals surface area contributed by atoms with Gasteiger partial charge in [-0.2, -0.15) is 19.8 Å². The smallest absolute Gasteiger partial charge is 0.345 e. The summed E-state index contributed by atoms with van der Waals surface area (Å²) in [5, 5.41) is 17.7. The van der Waals surface area contributed by atoms with Crippen molar-refractivity contribution in [3.8, 4) is 34.2 Å². The molecule has 6 rings (SSSR count). The Hall–Kier alpha value is -4.29. The fourth-order valence-corrected chi connectivity index (χ4v) is 4.00. The molecule has 0 aliphatic carbocycles. The minimum Gasteiger partial charge on any atom is -0.345 e. The van der Waals surface area contributed by atoms with E-state index in [1.54, 1.807) is 9.59 Å². The third-order valence-corrected chi connectivity index (χ3v) is 6.13. The number of hydrogen-bond donors (Lipinski definition) is 0. The van der Waals surface area contributed by atoms with E-state index in [2.05, 4.69) is 46.6 Å². The fraction of sp³-hybridized carbons (Fsp3) is 0.103. The Morgan fingerprint density at radius 1 is 0.553 bits per heavy atom. The average molecular weight is 678 g/mol. The largest absolute Gasteiger partial charge is 2.00 e. The Kier molecular flexibility index (Phi) is 7.07. The molecule has 8 nitrogen and oxygen atoms in total. The molecule has 188 valence electrons. The summed E-state index contributed by atoms with van der Waals surface area (Å²) in [4.78, 5) is 12.9. The summed E-state index contributed by atoms with van der Waals surface area (Å²) in [6.45, 7) is 4.20. The second-order valence-corrected chi connectivity index (χ2v) is 9.01. The van der Waals surface area contributed by atoms with Gasteiger partial charge in [-0.1, -0.05) is 72.3 Å². The minimum absolute atomic E-state index is 0. The van der Waals surface area contributed by atoms with Crippen molar-refractivity contribution in [1.82, 2.24) is 40.0 Å². The van der Waals surface area contributed by atoms with Gasteiger partial charge in [-0.15, -0.1) is 12.1 Å². The molecule has 0 spiro atoms. The van der Waals surface area contributed by atoms with Crippen LogP contribution in [0.1, 0.15) is 25.2 Å². The number of para-hydroxylation sites is 2. The van der Waals surface area contributed by atoms with E-state index in [1.165, 1.54) is 0 Å². The molecule has 6 aromatic rings. The molecule has 0 aliphatic heterocycles. The molecule has 0 unspecified atom stereocenters. The van der Waals surface area contributed by atoms with Gasteiger partial charge in [-0.3, -0.25) is 10.2 Å². The maximum absolute atomic E-state index is 4.92. The van der Waals surface area contributed by atoms with E-state index >= 15 is 0 Å². The first-order valence-electron chi connectivity index (χ1n) is 11.8. The second kappa shape index (κ2) is 10.6. The van der Waals surface area contributed by atoms with Crippen LogP contribution in [0.4, 0.5) is 0 Å². The summed E-state index contributed by atoms with van der Waals surface area (Å²) in [6.07, 6.45) is 5.97. The Labute approximate surface area is 234 Å². The van der Waals surface area contributed by atoms with Crippen LogP contribution in [-0.4, -0.2) is 40.0 Å². The molecule has 2 aromatic carbocycles. The van der Waals surface area contributed by atoms with Gasteiger partial charge in [0.15, 0.2) is 0 Å². The van der Waals surface area contributed by atoms with Gasteiger partial charge in [-0.25, -0.2) is 0 Å². The number of pyridine rings is 2. The third-order valence-electron chi connectivity index (χ3n) is 6.13. The molecule has 0 radical (unpaired) electrons. The maximum Gasteiger partial charge on any atom is 2.00 e. The van der Waals surface area contributed by atoms with Crippen LogP contribution in [0.2, 0.25) is 0 Å². The molecule has 0 amide bonds. The number of hydrogen-bond acceptors (Lipinski definition) is 6. The molecular weight excluding hydrogens is 655 g/mol. The molecule has 9 heteroatoms. The van der Waals surface area contributed by atoms with Crippen LogP contribution in [-0.2, 0) is 26.5 Å². The normalized spacial score (nSPS) is 11.2. The van der Waals surface area contributed by atoms with Crippen LogP contribution in [0.25, 0.3) is 34.2 Å². The van der Waals surface area contributed by atoms with Crippen LogP contribution in [0.3, 0.4) is 0 Å². The van der Waals surface area contributed by atoms with E-state index in [9.17, 15) is 0 Å². The monoisotopic (exact) mass is 677 g/mol. The third kappa shape index (κ3) is 4.95. The Morgan fingerprint density at radius 3 is 1.39 bits per heavy atom. The van der Waals surface area contributed by atoms with Crippen molar-refractivity contribution in [1.29, 1.82) is 0 Å². The van der Waals surface area contributed by atoms with Gasteiger partial charge in [0.1, 0.15) is 0 Å². The van der Waals surface area contributed by atoms with Crippen LogP contribution < -0.4 is 0 Å². The maximum atomic E-state index is 4.92. The molecule has 0 aliphatic rings. The van der Waals surface area contributed by atoms with E-state index < -0.39 is 5.41 Å². The van der Waals surface area contributed by atoms with Crippen molar-refractivity contribution >= 4 is 0 Å². The van der Waals surface area contributed by atoms with Crippen LogP contribution >= 0.6 is 0 Å². The number of nitrogens with zero attached hydrogens (tertiary/aromatic N) is 8. The van der Waals surface area contributed by atoms with Crippen molar-refractivity contribution < 1.29 is 21.1 Å². The zero-order chi connectivity index (χ0) is 25.2. The summed E-state index contributed by atoms with van der Waals surface area (Å²) < 4.78 is 0. The summed E-state index contributed by atoms with van der Waals surface area (Å²) in [7, 11) is 0. The zero-order valence-electron chi connectivity index (χ0n) is 20.6. The predicted molar refractivity (Wildman–Crippen MR) is 139 cm³/mol. The van der Waals surface area contributed by atoms with Gasteiger partial charge in [-0.05, 0) is 61.6 Å². The van der Waals surface area contributed by atoms with Crippen LogP contribution in [0.15, 0.2) is 97.1 Å². The molecule has 0 saturated heterocycles. The van der Waals surface area contributed by atoms with Gasteiger partial charge in [0.2, 0.25) is 0 Å². The molecular formula is C29H22N8Pt. The summed E-state index contributed by atoms with van der Waals surface area (Å²) in [5.41, 5.74) is 5.50. The van der Waals surface area contributed by atoms with Crippen molar-refractivity contribution in [3.05, 3.63) is 121 Å². The topological polar surface area (TPSA) is 87.2 Å². The van der Waals surface area contributed by atoms with Gasteiger partial charge in [0.25, 0.3) is 0 Å². The van der Waals surface area contributed by atoms with Gasteiger partial charge in [0, 0.05) is 16.8 Å². The van der Waals surface area contributed by atoms with Crippen LogP contribution in [0.5, 0.6) is 0 Å². The van der Waals surface area contributed by atoms with E-state index in [0.29, 0.717) is 22.8 Å². The first kappa shape index (κ1) is 25.4. The Morgan fingerprint density at radius 2 is 0.974 bits per heavy atom. The second-order valence-electron chi connectivity index (χ2n) is 9.01. The standard InChI is InChI=1S/C29H22N8.Pt/c1-29(2,27-17-9-15-23(32-27)25-19-30-36(34-25)21-11-5-3-6-12-21)28-18-10-16-24(33-28)26-20-31-37(35-26)22-13-7-4-8-14-22;/h3-18H,1-2H3;/q-2;+2. The van der Waals surface area contributed by atoms with Crippen molar-refractivity contribution in [2.24, 2.45) is 0 Å². The fourth-order valence-electron chi connectivity index (χ4n) is 4.00. The zero-order valence-corrected chi connectivity index (χ0v) is 22.9. The van der Waals surface area contributed by atoms with Crippen molar-refractivity contribution in [2.75, 3.05) is 0 Å². The predicted octanol–water partition coefficient (Wildman–Crippen LogP) is 4.90. The van der Waals surface area contributed by atoms with E-state index in [4.69, 9.17) is 9.97 Å². The van der Waals surface area contributed by atoms with Gasteiger partial charge < -0.3 is 9.97 Å². The Bertz CT molecular complexity index is 1540. The summed E-state index contributed by atoms with van der Waals surface area (Å²) >= 11 is 0. The quantitative estimate of drug-likeness (QED) is 0.234. The molecule has 0 fully saturated rings. The summed E-state index contributed by atoms with van der Waals surface area (Å²) in [6, 6.07) is 31.2. The molecule has 0 bridgehead atoms.